The van der Waals surface area contributed by atoms with E-state index in [2.05, 4.69) is 22.0 Å². The second-order valence-corrected chi connectivity index (χ2v) is 8.23. The molecule has 1 fully saturated rings. The largest absolute Gasteiger partial charge is 0.488 e. The Kier molecular flexibility index (Phi) is 4.58. The van der Waals surface area contributed by atoms with E-state index in [0.717, 1.165) is 54.5 Å². The molecule has 0 aliphatic carbocycles. The molecule has 4 heterocycles. The van der Waals surface area contributed by atoms with Gasteiger partial charge in [-0.1, -0.05) is 18.2 Å². The molecule has 0 unspecified atom stereocenters. The Balaban J connectivity index is 1.27. The number of rotatable bonds is 3. The maximum absolute atomic E-state index is 13.1. The summed E-state index contributed by atoms with van der Waals surface area (Å²) in [6.07, 6.45) is 3.71. The van der Waals surface area contributed by atoms with Gasteiger partial charge in [0, 0.05) is 61.1 Å². The van der Waals surface area contributed by atoms with Crippen LogP contribution in [0.4, 0.5) is 0 Å². The molecule has 0 spiro atoms. The summed E-state index contributed by atoms with van der Waals surface area (Å²) in [5.41, 5.74) is 3.42. The fourth-order valence-electron chi connectivity index (χ4n) is 3.82. The molecule has 5 nitrogen and oxygen atoms in total. The van der Waals surface area contributed by atoms with Gasteiger partial charge in [0.2, 0.25) is 0 Å². The molecule has 0 N–H and O–H groups in total. The van der Waals surface area contributed by atoms with Crippen molar-refractivity contribution >= 4 is 17.2 Å². The first-order chi connectivity index (χ1) is 13.8. The van der Waals surface area contributed by atoms with Crippen LogP contribution < -0.4 is 4.74 Å². The molecule has 2 aliphatic rings. The normalized spacial score (nSPS) is 16.2. The number of pyridine rings is 1. The maximum Gasteiger partial charge on any atom is 0.264 e. The molecular weight excluding hydrogens is 370 g/mol. The predicted molar refractivity (Wildman–Crippen MR) is 110 cm³/mol. The van der Waals surface area contributed by atoms with Gasteiger partial charge in [-0.15, -0.1) is 11.3 Å². The number of benzene rings is 1. The first kappa shape index (κ1) is 17.4. The molecule has 2 aromatic heterocycles. The summed E-state index contributed by atoms with van der Waals surface area (Å²) in [7, 11) is 0. The lowest BCUT2D eigenvalue weighted by Crippen LogP contribution is -2.48. The van der Waals surface area contributed by atoms with Crippen LogP contribution in [0.5, 0.6) is 5.75 Å². The molecule has 6 heteroatoms. The quantitative estimate of drug-likeness (QED) is 0.684. The van der Waals surface area contributed by atoms with Gasteiger partial charge in [0.05, 0.1) is 4.88 Å². The minimum atomic E-state index is 0.137. The van der Waals surface area contributed by atoms with Crippen LogP contribution in [0.3, 0.4) is 0 Å². The maximum atomic E-state index is 13.1. The van der Waals surface area contributed by atoms with Gasteiger partial charge in [-0.2, -0.15) is 0 Å². The van der Waals surface area contributed by atoms with Gasteiger partial charge < -0.3 is 9.64 Å². The molecule has 0 radical (unpaired) electrons. The average molecular weight is 391 g/mol. The van der Waals surface area contributed by atoms with Crippen LogP contribution in [0.1, 0.15) is 20.8 Å². The van der Waals surface area contributed by atoms with Gasteiger partial charge in [0.1, 0.15) is 12.4 Å². The first-order valence-corrected chi connectivity index (χ1v) is 10.3. The first-order valence-electron chi connectivity index (χ1n) is 9.53. The standard InChI is InChI=1S/C22H21N3O2S/c26-22(25-10-8-24(9-11-25)14-16-4-3-7-23-13-16)20-12-17-15-27-19-6-2-1-5-18(19)21(17)28-20/h1-7,12-13H,8-11,14-15H2. The van der Waals surface area contributed by atoms with E-state index in [1.807, 2.05) is 41.4 Å². The van der Waals surface area contributed by atoms with E-state index in [1.54, 1.807) is 17.5 Å². The Morgan fingerprint density at radius 3 is 2.79 bits per heavy atom. The van der Waals surface area contributed by atoms with Crippen LogP contribution in [0.25, 0.3) is 10.4 Å². The number of para-hydroxylation sites is 1. The summed E-state index contributed by atoms with van der Waals surface area (Å²) in [6, 6.07) is 14.1. The highest BCUT2D eigenvalue weighted by atomic mass is 32.1. The Morgan fingerprint density at radius 1 is 1.11 bits per heavy atom. The molecule has 0 atom stereocenters. The molecule has 3 aromatic rings. The van der Waals surface area contributed by atoms with Gasteiger partial charge >= 0.3 is 0 Å². The molecular formula is C22H21N3O2S. The van der Waals surface area contributed by atoms with Crippen molar-refractivity contribution in [1.82, 2.24) is 14.8 Å². The molecule has 5 rings (SSSR count). The Labute approximate surface area is 168 Å². The van der Waals surface area contributed by atoms with Crippen LogP contribution in [-0.2, 0) is 13.2 Å². The minimum absolute atomic E-state index is 0.137. The lowest BCUT2D eigenvalue weighted by Gasteiger charge is -2.34. The number of nitrogens with zero attached hydrogens (tertiary/aromatic N) is 3. The van der Waals surface area contributed by atoms with Crippen LogP contribution in [0.2, 0.25) is 0 Å². The number of thiophene rings is 1. The van der Waals surface area contributed by atoms with Crippen molar-refractivity contribution in [2.45, 2.75) is 13.2 Å². The smallest absolute Gasteiger partial charge is 0.264 e. The molecule has 1 amide bonds. The van der Waals surface area contributed by atoms with Crippen molar-refractivity contribution in [3.05, 3.63) is 70.9 Å². The number of hydrogen-bond acceptors (Lipinski definition) is 5. The summed E-state index contributed by atoms with van der Waals surface area (Å²) in [5.74, 6) is 1.04. The zero-order valence-electron chi connectivity index (χ0n) is 15.5. The number of piperazine rings is 1. The summed E-state index contributed by atoms with van der Waals surface area (Å²) in [4.78, 5) is 23.6. The van der Waals surface area contributed by atoms with Gasteiger partial charge in [-0.3, -0.25) is 14.7 Å². The van der Waals surface area contributed by atoms with Crippen molar-refractivity contribution in [2.75, 3.05) is 26.2 Å². The predicted octanol–water partition coefficient (Wildman–Crippen LogP) is 3.66. The highest BCUT2D eigenvalue weighted by Gasteiger charge is 2.27. The number of carbonyl (C=O) groups is 1. The van der Waals surface area contributed by atoms with E-state index in [4.69, 9.17) is 4.74 Å². The fourth-order valence-corrected chi connectivity index (χ4v) is 4.98. The summed E-state index contributed by atoms with van der Waals surface area (Å²) >= 11 is 1.59. The lowest BCUT2D eigenvalue weighted by molar-refractivity contribution is 0.0633. The molecule has 2 aliphatic heterocycles. The Morgan fingerprint density at radius 2 is 1.96 bits per heavy atom. The van der Waals surface area contributed by atoms with Gasteiger partial charge in [0.15, 0.2) is 0 Å². The number of carbonyl (C=O) groups excluding carboxylic acids is 1. The molecule has 0 saturated carbocycles. The third-order valence-electron chi connectivity index (χ3n) is 5.32. The second-order valence-electron chi connectivity index (χ2n) is 7.18. The van der Waals surface area contributed by atoms with E-state index in [-0.39, 0.29) is 5.91 Å². The number of fused-ring (bicyclic) bond motifs is 3. The Bertz CT molecular complexity index is 994. The SMILES string of the molecule is O=C(c1cc2c(s1)-c1ccccc1OC2)N1CCN(Cc2cccnc2)CC1. The van der Waals surface area contributed by atoms with Crippen LogP contribution >= 0.6 is 11.3 Å². The second kappa shape index (κ2) is 7.37. The number of amides is 1. The van der Waals surface area contributed by atoms with Crippen molar-refractivity contribution < 1.29 is 9.53 Å². The minimum Gasteiger partial charge on any atom is -0.488 e. The van der Waals surface area contributed by atoms with E-state index >= 15 is 0 Å². The molecule has 28 heavy (non-hydrogen) atoms. The average Bonchev–Trinajstić information content (AvgIpc) is 3.19. The van der Waals surface area contributed by atoms with Crippen molar-refractivity contribution in [3.63, 3.8) is 0 Å². The van der Waals surface area contributed by atoms with Crippen molar-refractivity contribution in [3.8, 4) is 16.2 Å². The summed E-state index contributed by atoms with van der Waals surface area (Å²) in [6.45, 7) is 4.71. The molecule has 0 bridgehead atoms. The molecule has 1 saturated heterocycles. The van der Waals surface area contributed by atoms with Gasteiger partial charge in [-0.25, -0.2) is 0 Å². The van der Waals surface area contributed by atoms with E-state index in [0.29, 0.717) is 6.61 Å². The van der Waals surface area contributed by atoms with E-state index in [1.165, 1.54) is 10.4 Å². The third kappa shape index (κ3) is 3.30. The number of aromatic nitrogens is 1. The van der Waals surface area contributed by atoms with Crippen LogP contribution in [0, 0.1) is 0 Å². The van der Waals surface area contributed by atoms with E-state index in [9.17, 15) is 4.79 Å². The number of hydrogen-bond donors (Lipinski definition) is 0. The Hall–Kier alpha value is -2.70. The monoisotopic (exact) mass is 391 g/mol. The summed E-state index contributed by atoms with van der Waals surface area (Å²) < 4.78 is 5.83. The highest BCUT2D eigenvalue weighted by Crippen LogP contribution is 2.42. The lowest BCUT2D eigenvalue weighted by atomic mass is 10.1. The third-order valence-corrected chi connectivity index (χ3v) is 6.52. The van der Waals surface area contributed by atoms with Gasteiger partial charge in [-0.05, 0) is 29.8 Å². The number of ether oxygens (including phenoxy) is 1. The zero-order valence-corrected chi connectivity index (χ0v) is 16.3. The van der Waals surface area contributed by atoms with Crippen LogP contribution in [0.15, 0.2) is 54.9 Å². The van der Waals surface area contributed by atoms with E-state index < -0.39 is 0 Å². The van der Waals surface area contributed by atoms with Crippen molar-refractivity contribution in [2.24, 2.45) is 0 Å². The fraction of sp³-hybridized carbons (Fsp3) is 0.273. The highest BCUT2D eigenvalue weighted by molar-refractivity contribution is 7.17. The topological polar surface area (TPSA) is 45.7 Å². The van der Waals surface area contributed by atoms with Gasteiger partial charge in [0.25, 0.3) is 5.91 Å². The molecule has 142 valence electrons. The summed E-state index contributed by atoms with van der Waals surface area (Å²) in [5, 5.41) is 0. The molecule has 1 aromatic carbocycles. The van der Waals surface area contributed by atoms with Crippen LogP contribution in [-0.4, -0.2) is 46.9 Å². The van der Waals surface area contributed by atoms with Crippen molar-refractivity contribution in [1.29, 1.82) is 0 Å². The zero-order chi connectivity index (χ0) is 18.9.